The Kier molecular flexibility index (Phi) is 3.32. The first-order chi connectivity index (χ1) is 6.13. The summed E-state index contributed by atoms with van der Waals surface area (Å²) in [5.41, 5.74) is 1.46. The molecular weight excluding hydrogens is 186 g/mol. The second-order valence-corrected chi connectivity index (χ2v) is 3.40. The van der Waals surface area contributed by atoms with Crippen LogP contribution >= 0.6 is 9.24 Å². The Morgan fingerprint density at radius 1 is 1.54 bits per heavy atom. The molecule has 0 N–H and O–H groups in total. The Labute approximate surface area is 78.9 Å². The Hall–Kier alpha value is -1.01. The Morgan fingerprint density at radius 2 is 2.23 bits per heavy atom. The van der Waals surface area contributed by atoms with Crippen molar-refractivity contribution in [1.82, 2.24) is 0 Å². The molecule has 1 aromatic rings. The molecule has 0 fully saturated rings. The van der Waals surface area contributed by atoms with Gasteiger partial charge in [-0.25, -0.2) is 4.39 Å². The fourth-order valence-electron chi connectivity index (χ4n) is 0.956. The molecule has 0 aliphatic carbocycles. The van der Waals surface area contributed by atoms with Gasteiger partial charge in [0.15, 0.2) is 0 Å². The predicted molar refractivity (Wildman–Crippen MR) is 55.5 cm³/mol. The van der Waals surface area contributed by atoms with Crippen molar-refractivity contribution in [3.63, 3.8) is 0 Å². The maximum atomic E-state index is 12.7. The van der Waals surface area contributed by atoms with Crippen molar-refractivity contribution in [3.05, 3.63) is 35.2 Å². The molecular formula is C10H10FOP. The average Bonchev–Trinajstić information content (AvgIpc) is 2.09. The van der Waals surface area contributed by atoms with Gasteiger partial charge in [-0.1, -0.05) is 6.07 Å². The number of hydrogen-bond donors (Lipinski definition) is 0. The quantitative estimate of drug-likeness (QED) is 0.401. The van der Waals surface area contributed by atoms with Crippen molar-refractivity contribution < 1.29 is 9.18 Å². The van der Waals surface area contributed by atoms with Gasteiger partial charge in [0, 0.05) is 0 Å². The summed E-state index contributed by atoms with van der Waals surface area (Å²) in [7, 11) is 2.43. The molecule has 0 saturated heterocycles. The molecule has 1 unspecified atom stereocenters. The number of hydrogen-bond acceptors (Lipinski definition) is 1. The van der Waals surface area contributed by atoms with Gasteiger partial charge in [0.1, 0.15) is 12.1 Å². The van der Waals surface area contributed by atoms with E-state index in [1.54, 1.807) is 19.1 Å². The molecule has 3 heteroatoms. The second-order valence-electron chi connectivity index (χ2n) is 2.78. The zero-order valence-electron chi connectivity index (χ0n) is 7.25. The van der Waals surface area contributed by atoms with E-state index in [1.807, 2.05) is 0 Å². The third-order valence-electron chi connectivity index (χ3n) is 1.62. The molecule has 0 heterocycles. The summed E-state index contributed by atoms with van der Waals surface area (Å²) in [6, 6.07) is 4.43. The van der Waals surface area contributed by atoms with Gasteiger partial charge in [0.25, 0.3) is 0 Å². The van der Waals surface area contributed by atoms with E-state index in [1.165, 1.54) is 12.1 Å². The second kappa shape index (κ2) is 4.29. The normalized spacial score (nSPS) is 11.5. The highest BCUT2D eigenvalue weighted by molar-refractivity contribution is 7.27. The van der Waals surface area contributed by atoms with E-state index < -0.39 is 0 Å². The Morgan fingerprint density at radius 3 is 2.77 bits per heavy atom. The van der Waals surface area contributed by atoms with Crippen LogP contribution < -0.4 is 5.30 Å². The molecule has 68 valence electrons. The lowest BCUT2D eigenvalue weighted by molar-refractivity contribution is -0.104. The van der Waals surface area contributed by atoms with Crippen LogP contribution in [0.5, 0.6) is 0 Å². The molecule has 0 aromatic heterocycles. The van der Waals surface area contributed by atoms with Crippen LogP contribution in [-0.2, 0) is 4.79 Å². The van der Waals surface area contributed by atoms with Crippen molar-refractivity contribution >= 4 is 26.9 Å². The minimum absolute atomic E-state index is 0.272. The molecule has 0 saturated carbocycles. The fourth-order valence-corrected chi connectivity index (χ4v) is 1.30. The lowest BCUT2D eigenvalue weighted by Gasteiger charge is -1.99. The molecule has 0 amide bonds. The highest BCUT2D eigenvalue weighted by Crippen LogP contribution is 2.07. The van der Waals surface area contributed by atoms with Crippen molar-refractivity contribution in [2.45, 2.75) is 6.92 Å². The summed E-state index contributed by atoms with van der Waals surface area (Å²) in [5, 5.41) is 0.751. The minimum atomic E-state index is -0.272. The van der Waals surface area contributed by atoms with E-state index >= 15 is 0 Å². The molecule has 0 aliphatic heterocycles. The highest BCUT2D eigenvalue weighted by Gasteiger charge is 1.97. The average molecular weight is 196 g/mol. The van der Waals surface area contributed by atoms with Crippen LogP contribution in [-0.4, -0.2) is 6.29 Å². The topological polar surface area (TPSA) is 17.1 Å². The van der Waals surface area contributed by atoms with Gasteiger partial charge < -0.3 is 0 Å². The van der Waals surface area contributed by atoms with Gasteiger partial charge in [0.2, 0.25) is 0 Å². The van der Waals surface area contributed by atoms with Crippen molar-refractivity contribution in [3.8, 4) is 0 Å². The maximum Gasteiger partial charge on any atom is 0.145 e. The van der Waals surface area contributed by atoms with Crippen LogP contribution in [0.1, 0.15) is 12.5 Å². The summed E-state index contributed by atoms with van der Waals surface area (Å²) in [6.07, 6.45) is 2.49. The number of aldehydes is 1. The molecule has 1 rings (SSSR count). The predicted octanol–water partition coefficient (Wildman–Crippen LogP) is 1.93. The van der Waals surface area contributed by atoms with Gasteiger partial charge in [-0.3, -0.25) is 4.79 Å². The third kappa shape index (κ3) is 2.74. The first kappa shape index (κ1) is 10.1. The Balaban J connectivity index is 3.09. The van der Waals surface area contributed by atoms with Crippen LogP contribution in [0, 0.1) is 5.82 Å². The standard InChI is InChI=1S/C10H10FOP/c1-7(6-12)4-8-2-3-9(11)5-10(8)13/h2-6H,13H2,1H3/b7-4+. The first-order valence-electron chi connectivity index (χ1n) is 3.82. The van der Waals surface area contributed by atoms with Crippen molar-refractivity contribution in [2.75, 3.05) is 0 Å². The Bertz CT molecular complexity index is 358. The van der Waals surface area contributed by atoms with Crippen LogP contribution in [0.15, 0.2) is 23.8 Å². The summed E-state index contributed by atoms with van der Waals surface area (Å²) >= 11 is 0. The van der Waals surface area contributed by atoms with Gasteiger partial charge in [-0.05, 0) is 41.6 Å². The van der Waals surface area contributed by atoms with Gasteiger partial charge in [0.05, 0.1) is 0 Å². The maximum absolute atomic E-state index is 12.7. The smallest absolute Gasteiger partial charge is 0.145 e. The summed E-state index contributed by atoms with van der Waals surface area (Å²) in [5.74, 6) is -0.272. The van der Waals surface area contributed by atoms with Crippen molar-refractivity contribution in [1.29, 1.82) is 0 Å². The number of allylic oxidation sites excluding steroid dienone is 1. The van der Waals surface area contributed by atoms with Crippen LogP contribution in [0.3, 0.4) is 0 Å². The lowest BCUT2D eigenvalue weighted by atomic mass is 10.1. The van der Waals surface area contributed by atoms with E-state index in [0.29, 0.717) is 5.57 Å². The van der Waals surface area contributed by atoms with Crippen molar-refractivity contribution in [2.24, 2.45) is 0 Å². The zero-order chi connectivity index (χ0) is 9.84. The van der Waals surface area contributed by atoms with Gasteiger partial charge >= 0.3 is 0 Å². The van der Waals surface area contributed by atoms with Crippen LogP contribution in [0.2, 0.25) is 0 Å². The molecule has 1 aromatic carbocycles. The number of carbonyl (C=O) groups is 1. The number of benzene rings is 1. The molecule has 0 radical (unpaired) electrons. The van der Waals surface area contributed by atoms with E-state index in [2.05, 4.69) is 9.24 Å². The zero-order valence-corrected chi connectivity index (χ0v) is 8.41. The molecule has 1 nitrogen and oxygen atoms in total. The number of halogens is 1. The molecule has 0 bridgehead atoms. The summed E-state index contributed by atoms with van der Waals surface area (Å²) < 4.78 is 12.7. The van der Waals surface area contributed by atoms with Crippen LogP contribution in [0.25, 0.3) is 6.08 Å². The van der Waals surface area contributed by atoms with E-state index in [0.717, 1.165) is 17.2 Å². The lowest BCUT2D eigenvalue weighted by Crippen LogP contribution is -1.98. The van der Waals surface area contributed by atoms with Gasteiger partial charge in [-0.15, -0.1) is 9.24 Å². The number of rotatable bonds is 2. The van der Waals surface area contributed by atoms with E-state index in [-0.39, 0.29) is 5.82 Å². The van der Waals surface area contributed by atoms with E-state index in [4.69, 9.17) is 0 Å². The minimum Gasteiger partial charge on any atom is -0.298 e. The summed E-state index contributed by atoms with van der Waals surface area (Å²) in [6.45, 7) is 1.71. The largest absolute Gasteiger partial charge is 0.298 e. The van der Waals surface area contributed by atoms with Crippen LogP contribution in [0.4, 0.5) is 4.39 Å². The molecule has 1 atom stereocenters. The highest BCUT2D eigenvalue weighted by atomic mass is 31.0. The van der Waals surface area contributed by atoms with E-state index in [9.17, 15) is 9.18 Å². The molecule has 0 aliphatic rings. The fraction of sp³-hybridized carbons (Fsp3) is 0.100. The molecule has 13 heavy (non-hydrogen) atoms. The molecule has 0 spiro atoms. The first-order valence-corrected chi connectivity index (χ1v) is 4.39. The monoisotopic (exact) mass is 196 g/mol. The van der Waals surface area contributed by atoms with Gasteiger partial charge in [-0.2, -0.15) is 0 Å². The number of carbonyl (C=O) groups excluding carboxylic acids is 1. The third-order valence-corrected chi connectivity index (χ3v) is 2.12. The SMILES string of the molecule is C/C(C=O)=C\c1ccc(F)cc1P. The summed E-state index contributed by atoms with van der Waals surface area (Å²) in [4.78, 5) is 10.3.